The molecule has 1 aromatic heterocycles. The first kappa shape index (κ1) is 14.8. The number of carbonyl (C=O) groups excluding carboxylic acids is 1. The minimum atomic E-state index is -0.255. The number of amides is 1. The van der Waals surface area contributed by atoms with Crippen LogP contribution in [0.4, 0.5) is 0 Å². The van der Waals surface area contributed by atoms with E-state index in [1.807, 2.05) is 32.0 Å². The molecule has 0 aliphatic heterocycles. The molecule has 0 aliphatic carbocycles. The maximum Gasteiger partial charge on any atom is 0.254 e. The number of rotatable bonds is 3. The maximum atomic E-state index is 12.2. The minimum Gasteiger partial charge on any atom is -0.345 e. The van der Waals surface area contributed by atoms with Gasteiger partial charge in [0, 0.05) is 16.9 Å². The lowest BCUT2D eigenvalue weighted by Gasteiger charge is -2.15. The van der Waals surface area contributed by atoms with Gasteiger partial charge in [0.1, 0.15) is 0 Å². The van der Waals surface area contributed by atoms with Gasteiger partial charge in [-0.15, -0.1) is 0 Å². The summed E-state index contributed by atoms with van der Waals surface area (Å²) in [5, 5.41) is 3.91. The highest BCUT2D eigenvalue weighted by Gasteiger charge is 2.15. The van der Waals surface area contributed by atoms with E-state index in [0.717, 1.165) is 11.3 Å². The van der Waals surface area contributed by atoms with Gasteiger partial charge in [-0.25, -0.2) is 0 Å². The third-order valence-corrected chi connectivity index (χ3v) is 3.48. The van der Waals surface area contributed by atoms with Crippen LogP contribution in [0.2, 0.25) is 10.0 Å². The normalized spacial score (nSPS) is 12.0. The first-order valence-corrected chi connectivity index (χ1v) is 6.91. The molecule has 1 heterocycles. The second kappa shape index (κ2) is 6.25. The van der Waals surface area contributed by atoms with E-state index in [4.69, 9.17) is 23.2 Å². The van der Waals surface area contributed by atoms with E-state index in [2.05, 4.69) is 10.3 Å². The zero-order valence-electron chi connectivity index (χ0n) is 11.2. The van der Waals surface area contributed by atoms with Crippen molar-refractivity contribution in [3.8, 4) is 0 Å². The van der Waals surface area contributed by atoms with Crippen molar-refractivity contribution in [1.82, 2.24) is 10.3 Å². The lowest BCUT2D eigenvalue weighted by Crippen LogP contribution is -2.27. The Bertz CT molecular complexity index is 644. The van der Waals surface area contributed by atoms with E-state index in [1.165, 1.54) is 6.20 Å². The summed E-state index contributed by atoms with van der Waals surface area (Å²) in [5.41, 5.74) is 2.07. The largest absolute Gasteiger partial charge is 0.345 e. The number of nitrogens with one attached hydrogen (secondary N) is 1. The van der Waals surface area contributed by atoms with Crippen LogP contribution in [-0.4, -0.2) is 10.9 Å². The van der Waals surface area contributed by atoms with Crippen molar-refractivity contribution < 1.29 is 4.79 Å². The standard InChI is InChI=1S/C15H14Cl2N2O/c1-9-6-14(17)13(8-18-9)15(20)19-10(2)11-4-3-5-12(16)7-11/h3-8,10H,1-2H3,(H,19,20). The molecule has 1 aromatic carbocycles. The molecule has 0 bridgehead atoms. The Morgan fingerprint density at radius 1 is 1.30 bits per heavy atom. The molecule has 3 nitrogen and oxygen atoms in total. The average Bonchev–Trinajstić information content (AvgIpc) is 2.38. The number of hydrogen-bond donors (Lipinski definition) is 1. The van der Waals surface area contributed by atoms with Crippen LogP contribution < -0.4 is 5.32 Å². The summed E-state index contributed by atoms with van der Waals surface area (Å²) < 4.78 is 0. The molecule has 0 saturated heterocycles. The second-order valence-electron chi connectivity index (χ2n) is 4.56. The van der Waals surface area contributed by atoms with Crippen molar-refractivity contribution in [1.29, 1.82) is 0 Å². The van der Waals surface area contributed by atoms with Crippen molar-refractivity contribution in [2.75, 3.05) is 0 Å². The number of nitrogens with zero attached hydrogens (tertiary/aromatic N) is 1. The summed E-state index contributed by atoms with van der Waals surface area (Å²) in [4.78, 5) is 16.3. The van der Waals surface area contributed by atoms with Crippen LogP contribution in [0.25, 0.3) is 0 Å². The molecular weight excluding hydrogens is 295 g/mol. The van der Waals surface area contributed by atoms with Crippen molar-refractivity contribution in [2.45, 2.75) is 19.9 Å². The molecule has 1 unspecified atom stereocenters. The highest BCUT2D eigenvalue weighted by atomic mass is 35.5. The third kappa shape index (κ3) is 3.50. The maximum absolute atomic E-state index is 12.2. The van der Waals surface area contributed by atoms with Gasteiger partial charge in [0.2, 0.25) is 0 Å². The molecule has 20 heavy (non-hydrogen) atoms. The fraction of sp³-hybridized carbons (Fsp3) is 0.200. The first-order chi connectivity index (χ1) is 9.47. The number of carbonyl (C=O) groups is 1. The van der Waals surface area contributed by atoms with E-state index < -0.39 is 0 Å². The monoisotopic (exact) mass is 308 g/mol. The Morgan fingerprint density at radius 3 is 2.70 bits per heavy atom. The van der Waals surface area contributed by atoms with Crippen LogP contribution in [0, 0.1) is 6.92 Å². The van der Waals surface area contributed by atoms with Gasteiger partial charge < -0.3 is 5.32 Å². The molecule has 0 aliphatic rings. The first-order valence-electron chi connectivity index (χ1n) is 6.16. The van der Waals surface area contributed by atoms with E-state index in [-0.39, 0.29) is 11.9 Å². The minimum absolute atomic E-state index is 0.168. The highest BCUT2D eigenvalue weighted by Crippen LogP contribution is 2.20. The summed E-state index contributed by atoms with van der Waals surface area (Å²) in [6.07, 6.45) is 1.48. The van der Waals surface area contributed by atoms with Gasteiger partial charge >= 0.3 is 0 Å². The van der Waals surface area contributed by atoms with Gasteiger partial charge in [-0.2, -0.15) is 0 Å². The highest BCUT2D eigenvalue weighted by molar-refractivity contribution is 6.33. The van der Waals surface area contributed by atoms with Gasteiger partial charge in [-0.3, -0.25) is 9.78 Å². The topological polar surface area (TPSA) is 42.0 Å². The molecule has 2 aromatic rings. The molecule has 0 radical (unpaired) electrons. The lowest BCUT2D eigenvalue weighted by molar-refractivity contribution is 0.0939. The van der Waals surface area contributed by atoms with Gasteiger partial charge in [0.15, 0.2) is 0 Å². The van der Waals surface area contributed by atoms with Crippen molar-refractivity contribution in [2.24, 2.45) is 0 Å². The number of aromatic nitrogens is 1. The quantitative estimate of drug-likeness (QED) is 0.924. The zero-order chi connectivity index (χ0) is 14.7. The summed E-state index contributed by atoms with van der Waals surface area (Å²) in [5.74, 6) is -0.255. The molecule has 1 N–H and O–H groups in total. The van der Waals surface area contributed by atoms with Gasteiger partial charge in [-0.05, 0) is 37.6 Å². The molecule has 0 spiro atoms. The second-order valence-corrected chi connectivity index (χ2v) is 5.40. The zero-order valence-corrected chi connectivity index (χ0v) is 12.7. The van der Waals surface area contributed by atoms with E-state index in [1.54, 1.807) is 12.1 Å². The Hall–Kier alpha value is -1.58. The van der Waals surface area contributed by atoms with Crippen molar-refractivity contribution in [3.05, 3.63) is 63.4 Å². The van der Waals surface area contributed by atoms with Crippen LogP contribution in [0.5, 0.6) is 0 Å². The summed E-state index contributed by atoms with van der Waals surface area (Å²) >= 11 is 12.0. The van der Waals surface area contributed by atoms with Crippen molar-refractivity contribution in [3.63, 3.8) is 0 Å². The molecule has 5 heteroatoms. The predicted octanol–water partition coefficient (Wildman–Crippen LogP) is 4.19. The molecule has 1 amide bonds. The van der Waals surface area contributed by atoms with E-state index in [9.17, 15) is 4.79 Å². The van der Waals surface area contributed by atoms with Crippen molar-refractivity contribution >= 4 is 29.1 Å². The predicted molar refractivity (Wildman–Crippen MR) is 81.3 cm³/mol. The van der Waals surface area contributed by atoms with E-state index in [0.29, 0.717) is 15.6 Å². The molecule has 2 rings (SSSR count). The third-order valence-electron chi connectivity index (χ3n) is 2.93. The summed E-state index contributed by atoms with van der Waals surface area (Å²) in [6.45, 7) is 3.71. The van der Waals surface area contributed by atoms with Crippen LogP contribution in [-0.2, 0) is 0 Å². The SMILES string of the molecule is Cc1cc(Cl)c(C(=O)NC(C)c2cccc(Cl)c2)cn1. The fourth-order valence-corrected chi connectivity index (χ4v) is 2.32. The Balaban J connectivity index is 2.15. The van der Waals surface area contributed by atoms with Crippen LogP contribution in [0.1, 0.15) is 34.6 Å². The van der Waals surface area contributed by atoms with E-state index >= 15 is 0 Å². The van der Waals surface area contributed by atoms with Gasteiger partial charge in [0.05, 0.1) is 16.6 Å². The van der Waals surface area contributed by atoms with Gasteiger partial charge in [0.25, 0.3) is 5.91 Å². The Labute approximate surface area is 127 Å². The number of hydrogen-bond acceptors (Lipinski definition) is 2. The lowest BCUT2D eigenvalue weighted by atomic mass is 10.1. The number of halogens is 2. The smallest absolute Gasteiger partial charge is 0.254 e. The molecule has 0 saturated carbocycles. The number of aryl methyl sites for hydroxylation is 1. The molecule has 104 valence electrons. The van der Waals surface area contributed by atoms with Crippen LogP contribution in [0.3, 0.4) is 0 Å². The van der Waals surface area contributed by atoms with Gasteiger partial charge in [-0.1, -0.05) is 35.3 Å². The Morgan fingerprint density at radius 2 is 2.05 bits per heavy atom. The number of pyridine rings is 1. The average molecular weight is 309 g/mol. The van der Waals surface area contributed by atoms with Crippen LogP contribution in [0.15, 0.2) is 36.5 Å². The Kier molecular flexibility index (Phi) is 4.63. The molecule has 1 atom stereocenters. The van der Waals surface area contributed by atoms with Crippen LogP contribution >= 0.6 is 23.2 Å². The summed E-state index contributed by atoms with van der Waals surface area (Å²) in [6, 6.07) is 8.87. The molecular formula is C15H14Cl2N2O. The molecule has 0 fully saturated rings. The number of benzene rings is 1. The summed E-state index contributed by atoms with van der Waals surface area (Å²) in [7, 11) is 0. The fourth-order valence-electron chi connectivity index (χ4n) is 1.83.